The van der Waals surface area contributed by atoms with Crippen molar-refractivity contribution in [2.45, 2.75) is 18.8 Å². The van der Waals surface area contributed by atoms with Crippen LogP contribution in [0.2, 0.25) is 0 Å². The normalized spacial score (nSPS) is 18.8. The lowest BCUT2D eigenvalue weighted by atomic mass is 9.97. The van der Waals surface area contributed by atoms with Crippen molar-refractivity contribution in [3.8, 4) is 0 Å². The molecule has 0 spiro atoms. The van der Waals surface area contributed by atoms with Crippen LogP contribution in [0.3, 0.4) is 0 Å². The Bertz CT molecular complexity index is 267. The minimum absolute atomic E-state index is 0.363. The van der Waals surface area contributed by atoms with Crippen LogP contribution in [0.25, 0.3) is 0 Å². The van der Waals surface area contributed by atoms with Crippen molar-refractivity contribution in [1.29, 1.82) is 0 Å². The maximum Gasteiger partial charge on any atom is 0.159 e. The van der Waals surface area contributed by atoms with Crippen LogP contribution in [-0.4, -0.2) is 23.1 Å². The van der Waals surface area contributed by atoms with E-state index in [9.17, 15) is 4.39 Å². The molecule has 2 rings (SSSR count). The van der Waals surface area contributed by atoms with Crippen molar-refractivity contribution in [1.82, 2.24) is 15.3 Å². The summed E-state index contributed by atoms with van der Waals surface area (Å²) in [6.07, 6.45) is 4.58. The van der Waals surface area contributed by atoms with Crippen LogP contribution in [0.4, 0.5) is 4.39 Å². The molecule has 0 radical (unpaired) electrons. The SMILES string of the molecule is Fc1cnc(C2CCNCC2)nc1. The smallest absolute Gasteiger partial charge is 0.159 e. The molecule has 1 aliphatic rings. The number of hydrogen-bond donors (Lipinski definition) is 1. The molecule has 0 amide bonds. The van der Waals surface area contributed by atoms with Crippen LogP contribution in [0, 0.1) is 5.82 Å². The average molecular weight is 181 g/mol. The van der Waals surface area contributed by atoms with Gasteiger partial charge in [0, 0.05) is 5.92 Å². The van der Waals surface area contributed by atoms with E-state index in [1.54, 1.807) is 0 Å². The number of aromatic nitrogens is 2. The molecule has 1 aromatic rings. The molecule has 0 bridgehead atoms. The molecule has 70 valence electrons. The van der Waals surface area contributed by atoms with Crippen molar-refractivity contribution in [3.05, 3.63) is 24.0 Å². The first kappa shape index (κ1) is 8.56. The van der Waals surface area contributed by atoms with Crippen LogP contribution in [0.15, 0.2) is 12.4 Å². The zero-order chi connectivity index (χ0) is 9.10. The Kier molecular flexibility index (Phi) is 2.49. The summed E-state index contributed by atoms with van der Waals surface area (Å²) in [6.45, 7) is 2.01. The zero-order valence-electron chi connectivity index (χ0n) is 7.33. The van der Waals surface area contributed by atoms with Crippen molar-refractivity contribution in [3.63, 3.8) is 0 Å². The highest BCUT2D eigenvalue weighted by atomic mass is 19.1. The fourth-order valence-corrected chi connectivity index (χ4v) is 1.61. The van der Waals surface area contributed by atoms with Crippen LogP contribution >= 0.6 is 0 Å². The van der Waals surface area contributed by atoms with Crippen molar-refractivity contribution >= 4 is 0 Å². The van der Waals surface area contributed by atoms with Gasteiger partial charge in [-0.25, -0.2) is 14.4 Å². The number of piperidine rings is 1. The molecule has 1 saturated heterocycles. The van der Waals surface area contributed by atoms with Crippen LogP contribution in [0.1, 0.15) is 24.6 Å². The molecule has 0 aliphatic carbocycles. The fourth-order valence-electron chi connectivity index (χ4n) is 1.61. The van der Waals surface area contributed by atoms with Gasteiger partial charge in [-0.3, -0.25) is 0 Å². The molecular weight excluding hydrogens is 169 g/mol. The molecule has 0 aromatic carbocycles. The van der Waals surface area contributed by atoms with E-state index in [1.807, 2.05) is 0 Å². The first-order valence-electron chi connectivity index (χ1n) is 4.54. The lowest BCUT2D eigenvalue weighted by molar-refractivity contribution is 0.442. The van der Waals surface area contributed by atoms with Crippen molar-refractivity contribution < 1.29 is 4.39 Å². The van der Waals surface area contributed by atoms with Gasteiger partial charge >= 0.3 is 0 Å². The van der Waals surface area contributed by atoms with E-state index < -0.39 is 0 Å². The minimum Gasteiger partial charge on any atom is -0.317 e. The quantitative estimate of drug-likeness (QED) is 0.704. The summed E-state index contributed by atoms with van der Waals surface area (Å²) in [5.41, 5.74) is 0. The number of nitrogens with zero attached hydrogens (tertiary/aromatic N) is 2. The van der Waals surface area contributed by atoms with E-state index in [-0.39, 0.29) is 5.82 Å². The maximum absolute atomic E-state index is 12.5. The standard InChI is InChI=1S/C9H12FN3/c10-8-5-12-9(13-6-8)7-1-3-11-4-2-7/h5-7,11H,1-4H2. The first-order valence-corrected chi connectivity index (χ1v) is 4.54. The van der Waals surface area contributed by atoms with Gasteiger partial charge in [0.1, 0.15) is 5.82 Å². The molecule has 1 N–H and O–H groups in total. The highest BCUT2D eigenvalue weighted by Gasteiger charge is 2.17. The van der Waals surface area contributed by atoms with Gasteiger partial charge in [-0.2, -0.15) is 0 Å². The molecule has 3 nitrogen and oxygen atoms in total. The Morgan fingerprint density at radius 3 is 2.46 bits per heavy atom. The largest absolute Gasteiger partial charge is 0.317 e. The monoisotopic (exact) mass is 181 g/mol. The summed E-state index contributed by atoms with van der Waals surface area (Å²) in [6, 6.07) is 0. The van der Waals surface area contributed by atoms with Crippen LogP contribution in [0.5, 0.6) is 0 Å². The molecule has 0 unspecified atom stereocenters. The van der Waals surface area contributed by atoms with Gasteiger partial charge in [-0.05, 0) is 25.9 Å². The zero-order valence-corrected chi connectivity index (χ0v) is 7.33. The second-order valence-corrected chi connectivity index (χ2v) is 3.28. The fraction of sp³-hybridized carbons (Fsp3) is 0.556. The Hall–Kier alpha value is -1.03. The Morgan fingerprint density at radius 2 is 1.85 bits per heavy atom. The third-order valence-corrected chi connectivity index (χ3v) is 2.34. The summed E-state index contributed by atoms with van der Waals surface area (Å²) >= 11 is 0. The molecule has 1 fully saturated rings. The molecule has 0 atom stereocenters. The first-order chi connectivity index (χ1) is 6.36. The van der Waals surface area contributed by atoms with Gasteiger partial charge in [0.05, 0.1) is 12.4 Å². The van der Waals surface area contributed by atoms with E-state index in [0.29, 0.717) is 5.92 Å². The molecule has 2 heterocycles. The summed E-state index contributed by atoms with van der Waals surface area (Å²) in [5, 5.41) is 3.27. The predicted molar refractivity (Wildman–Crippen MR) is 46.8 cm³/mol. The molecular formula is C9H12FN3. The van der Waals surface area contributed by atoms with Gasteiger partial charge in [0.25, 0.3) is 0 Å². The lowest BCUT2D eigenvalue weighted by Gasteiger charge is -2.20. The highest BCUT2D eigenvalue weighted by Crippen LogP contribution is 2.20. The molecule has 4 heteroatoms. The number of nitrogens with one attached hydrogen (secondary N) is 1. The molecule has 1 aromatic heterocycles. The maximum atomic E-state index is 12.5. The van der Waals surface area contributed by atoms with Crippen molar-refractivity contribution in [2.75, 3.05) is 13.1 Å². The molecule has 0 saturated carbocycles. The highest BCUT2D eigenvalue weighted by molar-refractivity contribution is 4.99. The average Bonchev–Trinajstić information content (AvgIpc) is 2.20. The number of hydrogen-bond acceptors (Lipinski definition) is 3. The van der Waals surface area contributed by atoms with Gasteiger partial charge in [0.2, 0.25) is 0 Å². The topological polar surface area (TPSA) is 37.8 Å². The molecule has 1 aliphatic heterocycles. The van der Waals surface area contributed by atoms with E-state index in [0.717, 1.165) is 31.8 Å². The summed E-state index contributed by atoms with van der Waals surface area (Å²) in [4.78, 5) is 7.98. The second kappa shape index (κ2) is 3.79. The Balaban J connectivity index is 2.10. The van der Waals surface area contributed by atoms with E-state index in [1.165, 1.54) is 12.4 Å². The number of rotatable bonds is 1. The summed E-state index contributed by atoms with van der Waals surface area (Å²) in [5.74, 6) is 0.822. The number of halogens is 1. The van der Waals surface area contributed by atoms with Gasteiger partial charge in [-0.1, -0.05) is 0 Å². The van der Waals surface area contributed by atoms with E-state index >= 15 is 0 Å². The summed E-state index contributed by atoms with van der Waals surface area (Å²) < 4.78 is 12.5. The minimum atomic E-state index is -0.363. The summed E-state index contributed by atoms with van der Waals surface area (Å²) in [7, 11) is 0. The van der Waals surface area contributed by atoms with E-state index in [4.69, 9.17) is 0 Å². The van der Waals surface area contributed by atoms with Gasteiger partial charge in [0.15, 0.2) is 5.82 Å². The van der Waals surface area contributed by atoms with Crippen molar-refractivity contribution in [2.24, 2.45) is 0 Å². The lowest BCUT2D eigenvalue weighted by Crippen LogP contribution is -2.27. The predicted octanol–water partition coefficient (Wildman–Crippen LogP) is 1.08. The van der Waals surface area contributed by atoms with Gasteiger partial charge in [-0.15, -0.1) is 0 Å². The van der Waals surface area contributed by atoms with Gasteiger partial charge < -0.3 is 5.32 Å². The van der Waals surface area contributed by atoms with E-state index in [2.05, 4.69) is 15.3 Å². The third kappa shape index (κ3) is 2.01. The second-order valence-electron chi connectivity index (χ2n) is 3.28. The Morgan fingerprint density at radius 1 is 1.23 bits per heavy atom. The van der Waals surface area contributed by atoms with Crippen LogP contribution < -0.4 is 5.32 Å². The third-order valence-electron chi connectivity index (χ3n) is 2.34. The van der Waals surface area contributed by atoms with Crippen LogP contribution in [-0.2, 0) is 0 Å². The molecule has 13 heavy (non-hydrogen) atoms. The Labute approximate surface area is 76.4 Å².